The van der Waals surface area contributed by atoms with E-state index in [1.807, 2.05) is 0 Å². The maximum atomic E-state index is 9.81. The van der Waals surface area contributed by atoms with E-state index in [4.69, 9.17) is 24.1 Å². The van der Waals surface area contributed by atoms with Crippen LogP contribution in [0.2, 0.25) is 0 Å². The molecule has 2 N–H and O–H groups in total. The highest BCUT2D eigenvalue weighted by molar-refractivity contribution is 4.90. The highest BCUT2D eigenvalue weighted by atomic mass is 16.7. The molecule has 5 atom stereocenters. The molecule has 0 spiro atoms. The number of aliphatic hydroxyl groups is 2. The Kier molecular flexibility index (Phi) is 4.91. The molecule has 0 unspecified atom stereocenters. The number of hydrogen-bond donors (Lipinski definition) is 2. The number of hydrogen-bond acceptors (Lipinski definition) is 6. The van der Waals surface area contributed by atoms with Gasteiger partial charge in [0, 0.05) is 21.3 Å². The maximum absolute atomic E-state index is 9.81. The van der Waals surface area contributed by atoms with Crippen molar-refractivity contribution in [3.63, 3.8) is 0 Å². The topological polar surface area (TPSA) is 77.4 Å². The second kappa shape index (κ2) is 5.74. The zero-order valence-corrected chi connectivity index (χ0v) is 9.12. The lowest BCUT2D eigenvalue weighted by molar-refractivity contribution is -0.301. The van der Waals surface area contributed by atoms with Crippen molar-refractivity contribution >= 4 is 0 Å². The van der Waals surface area contributed by atoms with Crippen LogP contribution in [0.25, 0.3) is 0 Å². The molecular weight excluding hydrogens is 204 g/mol. The highest BCUT2D eigenvalue weighted by Gasteiger charge is 2.45. The van der Waals surface area contributed by atoms with E-state index in [9.17, 15) is 5.11 Å². The van der Waals surface area contributed by atoms with Gasteiger partial charge in [-0.1, -0.05) is 0 Å². The fourth-order valence-electron chi connectivity index (χ4n) is 1.79. The Morgan fingerprint density at radius 2 is 1.67 bits per heavy atom. The lowest BCUT2D eigenvalue weighted by Gasteiger charge is -2.42. The van der Waals surface area contributed by atoms with E-state index in [0.29, 0.717) is 0 Å². The number of aliphatic hydroxyl groups excluding tert-OH is 2. The summed E-state index contributed by atoms with van der Waals surface area (Å²) in [6.45, 7) is -0.217. The van der Waals surface area contributed by atoms with Crippen molar-refractivity contribution in [1.82, 2.24) is 0 Å². The van der Waals surface area contributed by atoms with Gasteiger partial charge in [0.2, 0.25) is 0 Å². The molecule has 6 heteroatoms. The largest absolute Gasteiger partial charge is 0.394 e. The second-order valence-electron chi connectivity index (χ2n) is 3.35. The van der Waals surface area contributed by atoms with Crippen molar-refractivity contribution in [3.05, 3.63) is 0 Å². The molecule has 0 radical (unpaired) electrons. The normalized spacial score (nSPS) is 41.8. The first-order chi connectivity index (χ1) is 7.19. The summed E-state index contributed by atoms with van der Waals surface area (Å²) in [5, 5.41) is 18.9. The molecule has 1 aliphatic heterocycles. The molecule has 1 saturated heterocycles. The third-order valence-corrected chi connectivity index (χ3v) is 2.57. The summed E-state index contributed by atoms with van der Waals surface area (Å²) in [6.07, 6.45) is -3.40. The van der Waals surface area contributed by atoms with Gasteiger partial charge in [0.1, 0.15) is 24.4 Å². The van der Waals surface area contributed by atoms with Crippen molar-refractivity contribution in [3.8, 4) is 0 Å². The minimum atomic E-state index is -0.937. The average molecular weight is 222 g/mol. The Labute approximate surface area is 88.7 Å². The Bertz CT molecular complexity index is 187. The van der Waals surface area contributed by atoms with E-state index in [2.05, 4.69) is 0 Å². The summed E-state index contributed by atoms with van der Waals surface area (Å²) in [6, 6.07) is 0. The molecular formula is C9H18O6. The molecule has 0 amide bonds. The maximum Gasteiger partial charge on any atom is 0.186 e. The molecule has 90 valence electrons. The quantitative estimate of drug-likeness (QED) is 0.618. The zero-order valence-electron chi connectivity index (χ0n) is 9.12. The van der Waals surface area contributed by atoms with Gasteiger partial charge in [0.05, 0.1) is 6.61 Å². The van der Waals surface area contributed by atoms with E-state index in [0.717, 1.165) is 0 Å². The van der Waals surface area contributed by atoms with Gasteiger partial charge in [-0.2, -0.15) is 0 Å². The van der Waals surface area contributed by atoms with Crippen LogP contribution in [0.4, 0.5) is 0 Å². The molecule has 1 aliphatic rings. The third kappa shape index (κ3) is 2.47. The molecule has 0 aromatic rings. The molecule has 1 rings (SSSR count). The van der Waals surface area contributed by atoms with Crippen molar-refractivity contribution in [1.29, 1.82) is 0 Å². The molecule has 0 saturated carbocycles. The van der Waals surface area contributed by atoms with Gasteiger partial charge in [-0.3, -0.25) is 0 Å². The molecule has 0 aromatic heterocycles. The monoisotopic (exact) mass is 222 g/mol. The van der Waals surface area contributed by atoms with E-state index >= 15 is 0 Å². The van der Waals surface area contributed by atoms with Crippen LogP contribution < -0.4 is 0 Å². The van der Waals surface area contributed by atoms with Crippen LogP contribution in [0.15, 0.2) is 0 Å². The molecule has 15 heavy (non-hydrogen) atoms. The lowest BCUT2D eigenvalue weighted by Crippen LogP contribution is -2.60. The first-order valence-electron chi connectivity index (χ1n) is 4.72. The summed E-state index contributed by atoms with van der Waals surface area (Å²) < 4.78 is 20.5. The van der Waals surface area contributed by atoms with Crippen LogP contribution in [0.5, 0.6) is 0 Å². The summed E-state index contributed by atoms with van der Waals surface area (Å²) in [4.78, 5) is 0. The summed E-state index contributed by atoms with van der Waals surface area (Å²) in [5.41, 5.74) is 0. The number of rotatable bonds is 4. The van der Waals surface area contributed by atoms with Gasteiger partial charge < -0.3 is 29.2 Å². The molecule has 1 fully saturated rings. The Balaban J connectivity index is 2.78. The Hall–Kier alpha value is -0.240. The van der Waals surface area contributed by atoms with Crippen LogP contribution in [-0.2, 0) is 18.9 Å². The molecule has 0 bridgehead atoms. The highest BCUT2D eigenvalue weighted by Crippen LogP contribution is 2.25. The van der Waals surface area contributed by atoms with E-state index in [1.165, 1.54) is 21.3 Å². The number of ether oxygens (including phenoxy) is 4. The smallest absolute Gasteiger partial charge is 0.186 e. The van der Waals surface area contributed by atoms with Gasteiger partial charge >= 0.3 is 0 Å². The summed E-state index contributed by atoms with van der Waals surface area (Å²) in [7, 11) is 4.36. The standard InChI is InChI=1S/C9H18O6/c1-12-7-5(4-10)15-9(14-3)6(11)8(7)13-2/h5-11H,4H2,1-3H3/t5-,6-,7+,8-,9+/m1/s1. The van der Waals surface area contributed by atoms with Gasteiger partial charge in [0.15, 0.2) is 6.29 Å². The van der Waals surface area contributed by atoms with E-state index in [1.54, 1.807) is 0 Å². The zero-order chi connectivity index (χ0) is 11.4. The van der Waals surface area contributed by atoms with Crippen molar-refractivity contribution < 1.29 is 29.2 Å². The molecule has 6 nitrogen and oxygen atoms in total. The number of methoxy groups -OCH3 is 3. The minimum absolute atomic E-state index is 0.217. The van der Waals surface area contributed by atoms with E-state index in [-0.39, 0.29) is 6.61 Å². The van der Waals surface area contributed by atoms with Crippen LogP contribution in [0.1, 0.15) is 0 Å². The SMILES string of the molecule is CO[C@H]1O[C@H](CO)[C@H](OC)[C@H](OC)[C@H]1O. The molecule has 0 aromatic carbocycles. The van der Waals surface area contributed by atoms with Crippen molar-refractivity contribution in [2.75, 3.05) is 27.9 Å². The Morgan fingerprint density at radius 3 is 2.07 bits per heavy atom. The fraction of sp³-hybridized carbons (Fsp3) is 1.00. The molecule has 1 heterocycles. The molecule has 0 aliphatic carbocycles. The predicted octanol–water partition coefficient (Wildman–Crippen LogP) is -1.26. The van der Waals surface area contributed by atoms with Crippen LogP contribution in [0, 0.1) is 0 Å². The van der Waals surface area contributed by atoms with Gasteiger partial charge in [-0.25, -0.2) is 0 Å². The second-order valence-corrected chi connectivity index (χ2v) is 3.35. The van der Waals surface area contributed by atoms with Crippen LogP contribution in [-0.4, -0.2) is 68.9 Å². The first kappa shape index (κ1) is 12.8. The van der Waals surface area contributed by atoms with Gasteiger partial charge in [0.25, 0.3) is 0 Å². The van der Waals surface area contributed by atoms with Crippen LogP contribution >= 0.6 is 0 Å². The predicted molar refractivity (Wildman–Crippen MR) is 50.4 cm³/mol. The lowest BCUT2D eigenvalue weighted by atomic mass is 9.99. The van der Waals surface area contributed by atoms with Gasteiger partial charge in [-0.15, -0.1) is 0 Å². The minimum Gasteiger partial charge on any atom is -0.394 e. The van der Waals surface area contributed by atoms with E-state index < -0.39 is 30.7 Å². The summed E-state index contributed by atoms with van der Waals surface area (Å²) >= 11 is 0. The van der Waals surface area contributed by atoms with Crippen molar-refractivity contribution in [2.45, 2.75) is 30.7 Å². The first-order valence-corrected chi connectivity index (χ1v) is 4.72. The van der Waals surface area contributed by atoms with Crippen LogP contribution in [0.3, 0.4) is 0 Å². The Morgan fingerprint density at radius 1 is 1.07 bits per heavy atom. The van der Waals surface area contributed by atoms with Crippen molar-refractivity contribution in [2.24, 2.45) is 0 Å². The average Bonchev–Trinajstić information content (AvgIpc) is 2.28. The van der Waals surface area contributed by atoms with Gasteiger partial charge in [-0.05, 0) is 0 Å². The third-order valence-electron chi connectivity index (χ3n) is 2.57. The fourth-order valence-corrected chi connectivity index (χ4v) is 1.79. The summed E-state index contributed by atoms with van der Waals surface area (Å²) in [5.74, 6) is 0.